The average molecular weight is 295 g/mol. The first-order chi connectivity index (χ1) is 9.90. The van der Waals surface area contributed by atoms with Gasteiger partial charge in [-0.05, 0) is 38.2 Å². The van der Waals surface area contributed by atoms with Crippen molar-refractivity contribution < 1.29 is 23.1 Å². The first kappa shape index (κ1) is 15.2. The van der Waals surface area contributed by atoms with Crippen molar-refractivity contribution in [3.63, 3.8) is 0 Å². The van der Waals surface area contributed by atoms with Gasteiger partial charge in [0.25, 0.3) is 0 Å². The lowest BCUT2D eigenvalue weighted by molar-refractivity contribution is 0.0659. The average Bonchev–Trinajstić information content (AvgIpc) is 2.89. The van der Waals surface area contributed by atoms with Crippen molar-refractivity contribution in [2.75, 3.05) is 7.05 Å². The third kappa shape index (κ3) is 3.28. The molecular formula is C15H15F2NO3. The topological polar surface area (TPSA) is 53.7 Å². The van der Waals surface area contributed by atoms with Gasteiger partial charge in [0.05, 0.1) is 6.26 Å². The number of halogens is 2. The lowest BCUT2D eigenvalue weighted by atomic mass is 10.1. The first-order valence-electron chi connectivity index (χ1n) is 6.35. The zero-order valence-corrected chi connectivity index (χ0v) is 11.6. The van der Waals surface area contributed by atoms with Gasteiger partial charge >= 0.3 is 5.97 Å². The molecule has 1 aromatic carbocycles. The van der Waals surface area contributed by atoms with Crippen molar-refractivity contribution in [3.8, 4) is 0 Å². The summed E-state index contributed by atoms with van der Waals surface area (Å²) in [6, 6.07) is 4.41. The molecule has 112 valence electrons. The van der Waals surface area contributed by atoms with Crippen molar-refractivity contribution in [2.45, 2.75) is 19.5 Å². The Kier molecular flexibility index (Phi) is 4.37. The van der Waals surface area contributed by atoms with E-state index in [2.05, 4.69) is 0 Å². The summed E-state index contributed by atoms with van der Waals surface area (Å²) in [7, 11) is 1.70. The fraction of sp³-hybridized carbons (Fsp3) is 0.267. The molecule has 1 aromatic heterocycles. The van der Waals surface area contributed by atoms with Crippen LogP contribution in [0, 0.1) is 11.6 Å². The summed E-state index contributed by atoms with van der Waals surface area (Å²) in [5, 5.41) is 8.98. The van der Waals surface area contributed by atoms with Crippen LogP contribution in [-0.2, 0) is 6.54 Å². The van der Waals surface area contributed by atoms with Crippen molar-refractivity contribution >= 4 is 5.97 Å². The van der Waals surface area contributed by atoms with E-state index in [1.165, 1.54) is 6.26 Å². The molecule has 0 saturated carbocycles. The number of furan rings is 1. The van der Waals surface area contributed by atoms with Crippen LogP contribution in [0.1, 0.15) is 34.6 Å². The zero-order valence-electron chi connectivity index (χ0n) is 11.6. The number of rotatable bonds is 5. The van der Waals surface area contributed by atoms with Crippen LogP contribution in [0.15, 0.2) is 34.9 Å². The van der Waals surface area contributed by atoms with Crippen LogP contribution in [0.2, 0.25) is 0 Å². The van der Waals surface area contributed by atoms with Crippen molar-refractivity contribution in [2.24, 2.45) is 0 Å². The van der Waals surface area contributed by atoms with Crippen LogP contribution < -0.4 is 0 Å². The number of benzene rings is 1. The van der Waals surface area contributed by atoms with Crippen LogP contribution in [-0.4, -0.2) is 23.0 Å². The van der Waals surface area contributed by atoms with E-state index < -0.39 is 23.6 Å². The standard InChI is InChI=1S/C15H15F2NO3/c1-9(12-7-11(16)3-4-13(12)17)18(2)8-10-5-6-21-14(10)15(19)20/h3-7,9H,8H2,1-2H3,(H,19,20). The summed E-state index contributed by atoms with van der Waals surface area (Å²) in [6.45, 7) is 1.97. The number of nitrogens with zero attached hydrogens (tertiary/aromatic N) is 1. The Balaban J connectivity index is 2.19. The molecule has 0 aliphatic carbocycles. The third-order valence-electron chi connectivity index (χ3n) is 3.43. The SMILES string of the molecule is CC(c1cc(F)ccc1F)N(C)Cc1ccoc1C(=O)O. The van der Waals surface area contributed by atoms with Gasteiger partial charge < -0.3 is 9.52 Å². The molecule has 0 amide bonds. The van der Waals surface area contributed by atoms with E-state index in [0.717, 1.165) is 18.2 Å². The Hall–Kier alpha value is -2.21. The predicted octanol–water partition coefficient (Wildman–Crippen LogP) is 3.45. The van der Waals surface area contributed by atoms with E-state index in [0.29, 0.717) is 5.56 Å². The van der Waals surface area contributed by atoms with Crippen LogP contribution in [0.5, 0.6) is 0 Å². The molecule has 21 heavy (non-hydrogen) atoms. The minimum Gasteiger partial charge on any atom is -0.475 e. The molecule has 1 unspecified atom stereocenters. The molecular weight excluding hydrogens is 280 g/mol. The molecule has 0 spiro atoms. The van der Waals surface area contributed by atoms with Gasteiger partial charge in [0, 0.05) is 23.7 Å². The van der Waals surface area contributed by atoms with Gasteiger partial charge in [-0.3, -0.25) is 4.90 Å². The molecule has 2 rings (SSSR count). The maximum atomic E-state index is 13.8. The number of carboxylic acids is 1. The molecule has 4 nitrogen and oxygen atoms in total. The molecule has 0 saturated heterocycles. The highest BCUT2D eigenvalue weighted by molar-refractivity contribution is 5.86. The molecule has 0 fully saturated rings. The second kappa shape index (κ2) is 6.05. The maximum Gasteiger partial charge on any atom is 0.372 e. The lowest BCUT2D eigenvalue weighted by Gasteiger charge is -2.25. The largest absolute Gasteiger partial charge is 0.475 e. The number of hydrogen-bond acceptors (Lipinski definition) is 3. The van der Waals surface area contributed by atoms with Gasteiger partial charge in [0.2, 0.25) is 5.76 Å². The minimum atomic E-state index is -1.16. The third-order valence-corrected chi connectivity index (χ3v) is 3.43. The quantitative estimate of drug-likeness (QED) is 0.918. The van der Waals surface area contributed by atoms with Gasteiger partial charge in [-0.25, -0.2) is 13.6 Å². The smallest absolute Gasteiger partial charge is 0.372 e. The van der Waals surface area contributed by atoms with E-state index in [9.17, 15) is 13.6 Å². The summed E-state index contributed by atoms with van der Waals surface area (Å²) in [5.74, 6) is -2.32. The molecule has 1 N–H and O–H groups in total. The molecule has 0 radical (unpaired) electrons. The van der Waals surface area contributed by atoms with Crippen molar-refractivity contribution in [1.82, 2.24) is 4.90 Å². The van der Waals surface area contributed by atoms with Gasteiger partial charge in [-0.2, -0.15) is 0 Å². The zero-order chi connectivity index (χ0) is 15.6. The highest BCUT2D eigenvalue weighted by Crippen LogP contribution is 2.25. The highest BCUT2D eigenvalue weighted by atomic mass is 19.1. The number of hydrogen-bond donors (Lipinski definition) is 1. The van der Waals surface area contributed by atoms with Crippen LogP contribution >= 0.6 is 0 Å². The molecule has 0 aliphatic rings. The number of carbonyl (C=O) groups is 1. The fourth-order valence-corrected chi connectivity index (χ4v) is 2.13. The Labute approximate surface area is 120 Å². The predicted molar refractivity (Wildman–Crippen MR) is 71.9 cm³/mol. The van der Waals surface area contributed by atoms with Gasteiger partial charge in [0.15, 0.2) is 0 Å². The van der Waals surface area contributed by atoms with Crippen molar-refractivity contribution in [3.05, 3.63) is 59.1 Å². The Morgan fingerprint density at radius 1 is 1.38 bits per heavy atom. The lowest BCUT2D eigenvalue weighted by Crippen LogP contribution is -2.23. The van der Waals surface area contributed by atoms with E-state index in [-0.39, 0.29) is 17.9 Å². The van der Waals surface area contributed by atoms with Gasteiger partial charge in [0.1, 0.15) is 11.6 Å². The summed E-state index contributed by atoms with van der Waals surface area (Å²) >= 11 is 0. The Morgan fingerprint density at radius 2 is 2.10 bits per heavy atom. The molecule has 1 heterocycles. The van der Waals surface area contributed by atoms with E-state index in [1.807, 2.05) is 0 Å². The molecule has 6 heteroatoms. The van der Waals surface area contributed by atoms with E-state index in [1.54, 1.807) is 24.9 Å². The summed E-state index contributed by atoms with van der Waals surface area (Å²) < 4.78 is 31.9. The summed E-state index contributed by atoms with van der Waals surface area (Å²) in [6.07, 6.45) is 1.29. The number of aromatic carboxylic acids is 1. The highest BCUT2D eigenvalue weighted by Gasteiger charge is 2.20. The van der Waals surface area contributed by atoms with Gasteiger partial charge in [-0.15, -0.1) is 0 Å². The number of carboxylic acid groups (broad SMARTS) is 1. The fourth-order valence-electron chi connectivity index (χ4n) is 2.13. The second-order valence-electron chi connectivity index (χ2n) is 4.84. The van der Waals surface area contributed by atoms with Crippen LogP contribution in [0.3, 0.4) is 0 Å². The Morgan fingerprint density at radius 3 is 2.76 bits per heavy atom. The maximum absolute atomic E-state index is 13.8. The van der Waals surface area contributed by atoms with Crippen LogP contribution in [0.4, 0.5) is 8.78 Å². The molecule has 1 atom stereocenters. The van der Waals surface area contributed by atoms with Crippen molar-refractivity contribution in [1.29, 1.82) is 0 Å². The Bertz CT molecular complexity index is 654. The second-order valence-corrected chi connectivity index (χ2v) is 4.84. The van der Waals surface area contributed by atoms with E-state index >= 15 is 0 Å². The molecule has 0 aliphatic heterocycles. The summed E-state index contributed by atoms with van der Waals surface area (Å²) in [5.41, 5.74) is 0.700. The molecule has 2 aromatic rings. The van der Waals surface area contributed by atoms with E-state index in [4.69, 9.17) is 9.52 Å². The summed E-state index contributed by atoms with van der Waals surface area (Å²) in [4.78, 5) is 12.7. The minimum absolute atomic E-state index is 0.145. The van der Waals surface area contributed by atoms with Gasteiger partial charge in [-0.1, -0.05) is 0 Å². The molecule has 0 bridgehead atoms. The first-order valence-corrected chi connectivity index (χ1v) is 6.35. The normalized spacial score (nSPS) is 12.6. The monoisotopic (exact) mass is 295 g/mol. The van der Waals surface area contributed by atoms with Crippen LogP contribution in [0.25, 0.3) is 0 Å².